The third-order valence-electron chi connectivity index (χ3n) is 5.22. The summed E-state index contributed by atoms with van der Waals surface area (Å²) >= 11 is 1.16. The van der Waals surface area contributed by atoms with E-state index in [1.165, 1.54) is 4.90 Å². The molecule has 1 atom stereocenters. The van der Waals surface area contributed by atoms with Crippen molar-refractivity contribution < 1.29 is 19.1 Å². The van der Waals surface area contributed by atoms with E-state index in [0.717, 1.165) is 22.9 Å². The molecule has 176 valence electrons. The van der Waals surface area contributed by atoms with E-state index in [1.54, 1.807) is 7.11 Å². The summed E-state index contributed by atoms with van der Waals surface area (Å²) in [6.07, 6.45) is -0.0662. The number of nitrogens with one attached hydrogen (secondary N) is 2. The van der Waals surface area contributed by atoms with Gasteiger partial charge in [0.1, 0.15) is 11.9 Å². The number of fused-ring (bicyclic) bond motifs is 3. The number of amides is 3. The maximum atomic E-state index is 13.2. The van der Waals surface area contributed by atoms with Crippen LogP contribution in [0.1, 0.15) is 17.5 Å². The minimum absolute atomic E-state index is 0.0662. The van der Waals surface area contributed by atoms with E-state index >= 15 is 0 Å². The number of hydrogen-bond acceptors (Lipinski definition) is 7. The number of methoxy groups -OCH3 is 1. The van der Waals surface area contributed by atoms with Gasteiger partial charge in [-0.1, -0.05) is 54.2 Å². The zero-order valence-corrected chi connectivity index (χ0v) is 19.5. The molecule has 0 aromatic heterocycles. The first-order chi connectivity index (χ1) is 16.6. The molecule has 10 heteroatoms. The van der Waals surface area contributed by atoms with Crippen LogP contribution in [-0.4, -0.2) is 65.7 Å². The van der Waals surface area contributed by atoms with Crippen molar-refractivity contribution in [3.63, 3.8) is 0 Å². The normalized spacial score (nSPS) is 16.3. The van der Waals surface area contributed by atoms with Crippen molar-refractivity contribution in [2.24, 2.45) is 9.98 Å². The third-order valence-corrected chi connectivity index (χ3v) is 6.16. The summed E-state index contributed by atoms with van der Waals surface area (Å²) in [5, 5.41) is 5.97. The van der Waals surface area contributed by atoms with Gasteiger partial charge >= 0.3 is 0 Å². The standard InChI is InChI=1S/C24H25N5O4S/c1-33-12-11-25-21(31)15-34-24-28-18-10-6-5-9-17(18)22-27-19(23(32)29(22)24)13-20(30)26-14-16-7-3-2-4-8-16/h2-10,19H,11-15H2,1H3,(H,25,31)(H,26,30)/t19-/m1/s1. The minimum atomic E-state index is -0.849. The summed E-state index contributed by atoms with van der Waals surface area (Å²) in [6.45, 7) is 1.20. The molecular weight excluding hydrogens is 454 g/mol. The number of rotatable bonds is 9. The predicted molar refractivity (Wildman–Crippen MR) is 131 cm³/mol. The highest BCUT2D eigenvalue weighted by atomic mass is 32.2. The smallest absolute Gasteiger partial charge is 0.259 e. The lowest BCUT2D eigenvalue weighted by atomic mass is 10.1. The van der Waals surface area contributed by atoms with Crippen LogP contribution in [0.5, 0.6) is 0 Å². The fourth-order valence-electron chi connectivity index (χ4n) is 3.55. The number of nitrogens with zero attached hydrogens (tertiary/aromatic N) is 3. The highest BCUT2D eigenvalue weighted by Gasteiger charge is 2.42. The Labute approximate surface area is 201 Å². The van der Waals surface area contributed by atoms with E-state index in [4.69, 9.17) is 4.74 Å². The molecule has 2 aliphatic rings. The van der Waals surface area contributed by atoms with E-state index in [9.17, 15) is 14.4 Å². The molecule has 2 aromatic rings. The second-order valence-corrected chi connectivity index (χ2v) is 8.59. The molecule has 0 saturated carbocycles. The number of aliphatic imine (C=N–C) groups is 2. The third kappa shape index (κ3) is 5.52. The van der Waals surface area contributed by atoms with Crippen molar-refractivity contribution in [1.29, 1.82) is 0 Å². The van der Waals surface area contributed by atoms with E-state index < -0.39 is 6.04 Å². The number of hydrogen-bond donors (Lipinski definition) is 2. The maximum Gasteiger partial charge on any atom is 0.259 e. The number of carbonyl (C=O) groups excluding carboxylic acids is 3. The summed E-state index contributed by atoms with van der Waals surface area (Å²) < 4.78 is 4.94. The van der Waals surface area contributed by atoms with E-state index in [-0.39, 0.29) is 29.9 Å². The first-order valence-corrected chi connectivity index (χ1v) is 11.8. The Morgan fingerprint density at radius 1 is 1.06 bits per heavy atom. The molecule has 0 saturated heterocycles. The lowest BCUT2D eigenvalue weighted by Crippen LogP contribution is -2.42. The molecule has 0 fully saturated rings. The van der Waals surface area contributed by atoms with Crippen LogP contribution < -0.4 is 10.6 Å². The lowest BCUT2D eigenvalue weighted by Gasteiger charge is -2.25. The molecule has 3 amide bonds. The summed E-state index contributed by atoms with van der Waals surface area (Å²) in [5.41, 5.74) is 2.36. The monoisotopic (exact) mass is 479 g/mol. The van der Waals surface area contributed by atoms with E-state index in [2.05, 4.69) is 20.6 Å². The van der Waals surface area contributed by atoms with Crippen LogP contribution in [0.15, 0.2) is 64.6 Å². The number of amidine groups is 2. The zero-order valence-electron chi connectivity index (χ0n) is 18.7. The Kier molecular flexibility index (Phi) is 7.71. The second-order valence-electron chi connectivity index (χ2n) is 7.65. The highest BCUT2D eigenvalue weighted by molar-refractivity contribution is 8.14. The molecule has 2 aromatic carbocycles. The Balaban J connectivity index is 1.45. The largest absolute Gasteiger partial charge is 0.383 e. The Morgan fingerprint density at radius 3 is 2.62 bits per heavy atom. The quantitative estimate of drug-likeness (QED) is 0.533. The molecule has 2 N–H and O–H groups in total. The average molecular weight is 480 g/mol. The summed E-state index contributed by atoms with van der Waals surface area (Å²) in [5.74, 6) is -0.234. The van der Waals surface area contributed by atoms with Gasteiger partial charge in [0, 0.05) is 25.8 Å². The van der Waals surface area contributed by atoms with Crippen molar-refractivity contribution in [2.45, 2.75) is 19.0 Å². The second kappa shape index (κ2) is 11.1. The van der Waals surface area contributed by atoms with Crippen molar-refractivity contribution in [2.75, 3.05) is 26.0 Å². The van der Waals surface area contributed by atoms with Crippen LogP contribution in [0.25, 0.3) is 0 Å². The topological polar surface area (TPSA) is 112 Å². The Hall–Kier alpha value is -3.50. The predicted octanol–water partition coefficient (Wildman–Crippen LogP) is 1.85. The zero-order chi connectivity index (χ0) is 23.9. The summed E-state index contributed by atoms with van der Waals surface area (Å²) in [7, 11) is 1.56. The SMILES string of the molecule is COCCNC(=O)CSC1=Nc2ccccc2C2=N[C@H](CC(=O)NCc3ccccc3)C(=O)N12. The molecule has 0 unspecified atom stereocenters. The van der Waals surface area contributed by atoms with Crippen LogP contribution in [0.3, 0.4) is 0 Å². The molecule has 9 nitrogen and oxygen atoms in total. The molecule has 0 bridgehead atoms. The summed E-state index contributed by atoms with van der Waals surface area (Å²) in [6, 6.07) is 16.1. The molecular formula is C24H25N5O4S. The van der Waals surface area contributed by atoms with Gasteiger partial charge in [-0.2, -0.15) is 0 Å². The molecule has 0 spiro atoms. The number of thioether (sulfide) groups is 1. The van der Waals surface area contributed by atoms with E-state index in [1.807, 2.05) is 54.6 Å². The van der Waals surface area contributed by atoms with Crippen LogP contribution in [0, 0.1) is 0 Å². The van der Waals surface area contributed by atoms with Gasteiger partial charge < -0.3 is 15.4 Å². The van der Waals surface area contributed by atoms with Crippen LogP contribution in [-0.2, 0) is 25.7 Å². The molecule has 2 aliphatic heterocycles. The molecule has 34 heavy (non-hydrogen) atoms. The lowest BCUT2D eigenvalue weighted by molar-refractivity contribution is -0.128. The molecule has 0 radical (unpaired) electrons. The Bertz CT molecular complexity index is 1140. The van der Waals surface area contributed by atoms with Gasteiger partial charge in [0.2, 0.25) is 11.8 Å². The highest BCUT2D eigenvalue weighted by Crippen LogP contribution is 2.33. The van der Waals surface area contributed by atoms with Crippen molar-refractivity contribution in [1.82, 2.24) is 15.5 Å². The maximum absolute atomic E-state index is 13.2. The van der Waals surface area contributed by atoms with Gasteiger partial charge in [-0.05, 0) is 17.7 Å². The van der Waals surface area contributed by atoms with Crippen LogP contribution >= 0.6 is 11.8 Å². The fraction of sp³-hybridized carbons (Fsp3) is 0.292. The van der Waals surface area contributed by atoms with Crippen LogP contribution in [0.4, 0.5) is 5.69 Å². The van der Waals surface area contributed by atoms with Crippen LogP contribution in [0.2, 0.25) is 0 Å². The van der Waals surface area contributed by atoms with Crippen molar-refractivity contribution in [3.05, 3.63) is 65.7 Å². The average Bonchev–Trinajstić information content (AvgIpc) is 3.18. The van der Waals surface area contributed by atoms with Gasteiger partial charge in [0.15, 0.2) is 5.17 Å². The number of ether oxygens (including phenoxy) is 1. The first kappa shape index (κ1) is 23.7. The summed E-state index contributed by atoms with van der Waals surface area (Å²) in [4.78, 5) is 48.5. The fourth-order valence-corrected chi connectivity index (χ4v) is 4.38. The van der Waals surface area contributed by atoms with Gasteiger partial charge in [-0.15, -0.1) is 0 Å². The van der Waals surface area contributed by atoms with Gasteiger partial charge in [-0.25, -0.2) is 9.89 Å². The number of benzene rings is 2. The van der Waals surface area contributed by atoms with Crippen molar-refractivity contribution >= 4 is 46.2 Å². The first-order valence-electron chi connectivity index (χ1n) is 10.9. The minimum Gasteiger partial charge on any atom is -0.383 e. The van der Waals surface area contributed by atoms with Gasteiger partial charge in [0.25, 0.3) is 5.91 Å². The Morgan fingerprint density at radius 2 is 1.82 bits per heavy atom. The molecule has 0 aliphatic carbocycles. The van der Waals surface area contributed by atoms with E-state index in [0.29, 0.717) is 36.4 Å². The number of carbonyl (C=O) groups is 3. The van der Waals surface area contributed by atoms with Gasteiger partial charge in [0.05, 0.1) is 24.5 Å². The number of para-hydroxylation sites is 1. The molecule has 4 rings (SSSR count). The van der Waals surface area contributed by atoms with Crippen molar-refractivity contribution in [3.8, 4) is 0 Å². The van der Waals surface area contributed by atoms with Gasteiger partial charge in [-0.3, -0.25) is 19.4 Å². The molecule has 2 heterocycles.